The second-order valence-electron chi connectivity index (χ2n) is 2.79. The zero-order chi connectivity index (χ0) is 9.42. The molecular weight excluding hydrogens is 281 g/mol. The van der Waals surface area contributed by atoms with Crippen LogP contribution in [-0.2, 0) is 0 Å². The van der Waals surface area contributed by atoms with E-state index in [9.17, 15) is 4.79 Å². The van der Waals surface area contributed by atoms with Gasteiger partial charge in [-0.2, -0.15) is 0 Å². The first kappa shape index (κ1) is 8.76. The van der Waals surface area contributed by atoms with Crippen LogP contribution in [0.2, 0.25) is 0 Å². The van der Waals surface area contributed by atoms with Crippen LogP contribution in [-0.4, -0.2) is 18.0 Å². The maximum absolute atomic E-state index is 11.6. The normalized spacial score (nSPS) is 15.2. The standard InChI is InChI=1S/C8H8IN3O/c1-12-8(13)6-4-5(9)2-3-7(6)10-11-12/h2-4,10-11H,1H3. The monoisotopic (exact) mass is 289 g/mol. The number of benzene rings is 1. The summed E-state index contributed by atoms with van der Waals surface area (Å²) in [7, 11) is 1.68. The molecule has 2 N–H and O–H groups in total. The highest BCUT2D eigenvalue weighted by molar-refractivity contribution is 14.1. The van der Waals surface area contributed by atoms with Crippen molar-refractivity contribution in [3.05, 3.63) is 27.3 Å². The summed E-state index contributed by atoms with van der Waals surface area (Å²) in [4.78, 5) is 11.6. The third-order valence-electron chi connectivity index (χ3n) is 1.87. The number of amides is 1. The molecule has 1 aromatic carbocycles. The molecule has 0 aliphatic carbocycles. The van der Waals surface area contributed by atoms with Gasteiger partial charge in [-0.3, -0.25) is 9.80 Å². The molecule has 0 saturated heterocycles. The van der Waals surface area contributed by atoms with Crippen LogP contribution in [0.5, 0.6) is 0 Å². The zero-order valence-corrected chi connectivity index (χ0v) is 9.12. The van der Waals surface area contributed by atoms with Gasteiger partial charge in [0.15, 0.2) is 0 Å². The van der Waals surface area contributed by atoms with Crippen LogP contribution in [0.4, 0.5) is 5.69 Å². The van der Waals surface area contributed by atoms with Gasteiger partial charge in [0, 0.05) is 10.6 Å². The third kappa shape index (κ3) is 1.49. The Bertz CT molecular complexity index is 366. The highest BCUT2D eigenvalue weighted by Crippen LogP contribution is 2.21. The number of fused-ring (bicyclic) bond motifs is 1. The average molecular weight is 289 g/mol. The molecule has 13 heavy (non-hydrogen) atoms. The second-order valence-corrected chi connectivity index (χ2v) is 4.04. The van der Waals surface area contributed by atoms with Gasteiger partial charge in [-0.15, -0.1) is 5.53 Å². The number of hydrogen-bond donors (Lipinski definition) is 2. The Labute approximate surface area is 89.4 Å². The largest absolute Gasteiger partial charge is 0.303 e. The van der Waals surface area contributed by atoms with Crippen LogP contribution in [0.15, 0.2) is 18.2 Å². The smallest absolute Gasteiger partial charge is 0.271 e. The van der Waals surface area contributed by atoms with Crippen LogP contribution >= 0.6 is 22.6 Å². The quantitative estimate of drug-likeness (QED) is 0.706. The summed E-state index contributed by atoms with van der Waals surface area (Å²) in [5, 5.41) is 1.42. The Morgan fingerprint density at radius 1 is 1.46 bits per heavy atom. The number of hydrogen-bond acceptors (Lipinski definition) is 3. The molecule has 0 aromatic heterocycles. The molecule has 1 aromatic rings. The number of hydrazine groups is 2. The number of carbonyl (C=O) groups excluding carboxylic acids is 1. The highest BCUT2D eigenvalue weighted by Gasteiger charge is 2.20. The summed E-state index contributed by atoms with van der Waals surface area (Å²) in [6, 6.07) is 5.70. The summed E-state index contributed by atoms with van der Waals surface area (Å²) >= 11 is 2.18. The summed E-state index contributed by atoms with van der Waals surface area (Å²) < 4.78 is 1.06. The molecule has 0 spiro atoms. The Morgan fingerprint density at radius 2 is 2.23 bits per heavy atom. The number of halogens is 1. The molecule has 68 valence electrons. The molecule has 1 aliphatic heterocycles. The number of carbonyl (C=O) groups is 1. The Morgan fingerprint density at radius 3 is 3.00 bits per heavy atom. The van der Waals surface area contributed by atoms with Crippen LogP contribution in [0.1, 0.15) is 10.4 Å². The minimum atomic E-state index is -0.0210. The highest BCUT2D eigenvalue weighted by atomic mass is 127. The fourth-order valence-electron chi connectivity index (χ4n) is 1.18. The predicted molar refractivity (Wildman–Crippen MR) is 58.0 cm³/mol. The fraction of sp³-hybridized carbons (Fsp3) is 0.125. The maximum atomic E-state index is 11.6. The van der Waals surface area contributed by atoms with E-state index in [-0.39, 0.29) is 5.91 Å². The molecule has 0 radical (unpaired) electrons. The SMILES string of the molecule is CN1NNc2ccc(I)cc2C1=O. The van der Waals surface area contributed by atoms with E-state index in [1.54, 1.807) is 7.05 Å². The second kappa shape index (κ2) is 3.15. The van der Waals surface area contributed by atoms with Crippen molar-refractivity contribution >= 4 is 34.2 Å². The number of rotatable bonds is 0. The lowest BCUT2D eigenvalue weighted by Gasteiger charge is -2.26. The first-order valence-corrected chi connectivity index (χ1v) is 4.85. The molecule has 1 heterocycles. The van der Waals surface area contributed by atoms with Gasteiger partial charge in [0.1, 0.15) is 0 Å². The van der Waals surface area contributed by atoms with Gasteiger partial charge in [-0.25, -0.2) is 0 Å². The molecule has 1 aliphatic rings. The number of anilines is 1. The van der Waals surface area contributed by atoms with E-state index in [0.717, 1.165) is 9.26 Å². The summed E-state index contributed by atoms with van der Waals surface area (Å²) in [5.74, 6) is -0.0210. The first-order valence-electron chi connectivity index (χ1n) is 3.78. The number of nitrogens with zero attached hydrogens (tertiary/aromatic N) is 1. The zero-order valence-electron chi connectivity index (χ0n) is 6.97. The van der Waals surface area contributed by atoms with Crippen LogP contribution < -0.4 is 11.0 Å². The molecule has 2 rings (SSSR count). The van der Waals surface area contributed by atoms with Crippen molar-refractivity contribution in [2.45, 2.75) is 0 Å². The third-order valence-corrected chi connectivity index (χ3v) is 2.55. The van der Waals surface area contributed by atoms with Gasteiger partial charge < -0.3 is 5.43 Å². The van der Waals surface area contributed by atoms with E-state index in [2.05, 4.69) is 33.6 Å². The van der Waals surface area contributed by atoms with E-state index < -0.39 is 0 Å². The molecule has 1 amide bonds. The maximum Gasteiger partial charge on any atom is 0.271 e. The van der Waals surface area contributed by atoms with Crippen molar-refractivity contribution in [2.24, 2.45) is 0 Å². The molecule has 0 fully saturated rings. The molecule has 0 unspecified atom stereocenters. The first-order chi connectivity index (χ1) is 6.18. The van der Waals surface area contributed by atoms with Crippen LogP contribution in [0, 0.1) is 3.57 Å². The van der Waals surface area contributed by atoms with Gasteiger partial charge in [0.25, 0.3) is 5.91 Å². The predicted octanol–water partition coefficient (Wildman–Crippen LogP) is 1.21. The van der Waals surface area contributed by atoms with E-state index in [1.807, 2.05) is 18.2 Å². The van der Waals surface area contributed by atoms with Gasteiger partial charge in [-0.05, 0) is 40.8 Å². The van der Waals surface area contributed by atoms with E-state index >= 15 is 0 Å². The van der Waals surface area contributed by atoms with Crippen molar-refractivity contribution in [1.82, 2.24) is 10.5 Å². The van der Waals surface area contributed by atoms with Crippen molar-refractivity contribution in [3.8, 4) is 0 Å². The number of nitrogens with one attached hydrogen (secondary N) is 2. The van der Waals surface area contributed by atoms with Crippen molar-refractivity contribution < 1.29 is 4.79 Å². The van der Waals surface area contributed by atoms with Crippen molar-refractivity contribution in [2.75, 3.05) is 12.5 Å². The van der Waals surface area contributed by atoms with E-state index in [1.165, 1.54) is 5.01 Å². The van der Waals surface area contributed by atoms with Gasteiger partial charge in [0.2, 0.25) is 0 Å². The fourth-order valence-corrected chi connectivity index (χ4v) is 1.67. The molecule has 0 atom stereocenters. The van der Waals surface area contributed by atoms with Gasteiger partial charge >= 0.3 is 0 Å². The molecule has 0 bridgehead atoms. The lowest BCUT2D eigenvalue weighted by atomic mass is 10.1. The molecule has 0 saturated carbocycles. The topological polar surface area (TPSA) is 44.4 Å². The minimum absolute atomic E-state index is 0.0210. The molecule has 5 heteroatoms. The minimum Gasteiger partial charge on any atom is -0.303 e. The van der Waals surface area contributed by atoms with Crippen LogP contribution in [0.25, 0.3) is 0 Å². The van der Waals surface area contributed by atoms with Gasteiger partial charge in [-0.1, -0.05) is 0 Å². The van der Waals surface area contributed by atoms with E-state index in [4.69, 9.17) is 0 Å². The Hall–Kier alpha value is -0.820. The average Bonchev–Trinajstić information content (AvgIpc) is 2.12. The summed E-state index contributed by atoms with van der Waals surface area (Å²) in [6.07, 6.45) is 0. The lowest BCUT2D eigenvalue weighted by molar-refractivity contribution is 0.0720. The van der Waals surface area contributed by atoms with Gasteiger partial charge in [0.05, 0.1) is 11.3 Å². The van der Waals surface area contributed by atoms with E-state index in [0.29, 0.717) is 5.56 Å². The molecule has 4 nitrogen and oxygen atoms in total. The summed E-state index contributed by atoms with van der Waals surface area (Å²) in [5.41, 5.74) is 7.19. The van der Waals surface area contributed by atoms with Crippen LogP contribution in [0.3, 0.4) is 0 Å². The lowest BCUT2D eigenvalue weighted by Crippen LogP contribution is -2.47. The summed E-state index contributed by atoms with van der Waals surface area (Å²) in [6.45, 7) is 0. The van der Waals surface area contributed by atoms with Crippen molar-refractivity contribution in [3.63, 3.8) is 0 Å². The Kier molecular flexibility index (Phi) is 2.12. The molecular formula is C8H8IN3O. The Balaban J connectivity index is 2.51. The van der Waals surface area contributed by atoms with Crippen molar-refractivity contribution in [1.29, 1.82) is 0 Å².